The molecule has 16 heavy (non-hydrogen) atoms. The van der Waals surface area contributed by atoms with Gasteiger partial charge in [-0.1, -0.05) is 45.7 Å². The van der Waals surface area contributed by atoms with Crippen LogP contribution in [-0.2, 0) is 0 Å². The summed E-state index contributed by atoms with van der Waals surface area (Å²) in [5.41, 5.74) is 1.10. The minimum atomic E-state index is 0.147. The first kappa shape index (κ1) is 12.6. The van der Waals surface area contributed by atoms with Crippen LogP contribution in [0.4, 0.5) is 0 Å². The zero-order valence-corrected chi connectivity index (χ0v) is 13.3. The lowest BCUT2D eigenvalue weighted by atomic mass is 10.1. The number of hydrogen-bond acceptors (Lipinski definition) is 1. The predicted octanol–water partition coefficient (Wildman–Crippen LogP) is 5.96. The van der Waals surface area contributed by atoms with Gasteiger partial charge in [-0.25, -0.2) is 0 Å². The third-order valence-electron chi connectivity index (χ3n) is 2.24. The second-order valence-corrected chi connectivity index (χ2v) is 6.92. The van der Waals surface area contributed by atoms with Gasteiger partial charge in [-0.15, -0.1) is 11.3 Å². The Bertz CT molecular complexity index is 507. The van der Waals surface area contributed by atoms with Gasteiger partial charge >= 0.3 is 0 Å². The second kappa shape index (κ2) is 5.21. The fourth-order valence-corrected chi connectivity index (χ4v) is 4.98. The van der Waals surface area contributed by atoms with E-state index in [2.05, 4.69) is 44.8 Å². The molecule has 0 saturated carbocycles. The highest BCUT2D eigenvalue weighted by molar-refractivity contribution is 9.11. The molecule has 1 atom stereocenters. The summed E-state index contributed by atoms with van der Waals surface area (Å²) in [6, 6.07) is 10.0. The summed E-state index contributed by atoms with van der Waals surface area (Å²) < 4.78 is 1.14. The van der Waals surface area contributed by atoms with Crippen LogP contribution in [0.5, 0.6) is 0 Å². The topological polar surface area (TPSA) is 0 Å². The van der Waals surface area contributed by atoms with E-state index in [1.165, 1.54) is 9.75 Å². The molecule has 0 fully saturated rings. The van der Waals surface area contributed by atoms with Crippen LogP contribution < -0.4 is 0 Å². The molecule has 1 aromatic carbocycles. The summed E-state index contributed by atoms with van der Waals surface area (Å²) in [4.78, 5) is 2.69. The van der Waals surface area contributed by atoms with E-state index in [0.717, 1.165) is 15.1 Å². The molecule has 2 aromatic rings. The van der Waals surface area contributed by atoms with Gasteiger partial charge in [0.05, 0.1) is 4.83 Å². The van der Waals surface area contributed by atoms with Gasteiger partial charge in [0.2, 0.25) is 0 Å². The molecule has 0 aliphatic heterocycles. The Labute approximate surface area is 121 Å². The van der Waals surface area contributed by atoms with Gasteiger partial charge < -0.3 is 0 Å². The molecule has 0 saturated heterocycles. The number of aryl methyl sites for hydroxylation is 1. The van der Waals surface area contributed by atoms with Crippen molar-refractivity contribution in [1.82, 2.24) is 0 Å². The maximum atomic E-state index is 6.19. The maximum absolute atomic E-state index is 6.19. The highest BCUT2D eigenvalue weighted by Gasteiger charge is 2.18. The van der Waals surface area contributed by atoms with E-state index in [4.69, 9.17) is 11.6 Å². The molecule has 0 nitrogen and oxygen atoms in total. The third kappa shape index (κ3) is 2.53. The fraction of sp³-hybridized carbons (Fsp3) is 0.167. The number of rotatable bonds is 2. The average Bonchev–Trinajstić information content (AvgIpc) is 2.58. The molecule has 1 unspecified atom stereocenters. The maximum Gasteiger partial charge on any atom is 0.0763 e. The number of alkyl halides is 1. The Morgan fingerprint density at radius 2 is 2.00 bits per heavy atom. The fourth-order valence-electron chi connectivity index (χ4n) is 1.50. The molecule has 1 heterocycles. The van der Waals surface area contributed by atoms with Gasteiger partial charge in [0.25, 0.3) is 0 Å². The van der Waals surface area contributed by atoms with Crippen LogP contribution >= 0.6 is 54.8 Å². The molecule has 0 amide bonds. The van der Waals surface area contributed by atoms with E-state index < -0.39 is 0 Å². The highest BCUT2D eigenvalue weighted by atomic mass is 79.9. The summed E-state index contributed by atoms with van der Waals surface area (Å²) in [6.45, 7) is 2.10. The Hall–Kier alpha value is 0.170. The molecule has 4 heteroatoms. The molecule has 1 aromatic heterocycles. The lowest BCUT2D eigenvalue weighted by molar-refractivity contribution is 1.21. The van der Waals surface area contributed by atoms with Crippen LogP contribution in [0.15, 0.2) is 34.8 Å². The minimum absolute atomic E-state index is 0.147. The van der Waals surface area contributed by atoms with E-state index in [-0.39, 0.29) is 4.83 Å². The van der Waals surface area contributed by atoms with E-state index in [1.54, 1.807) is 11.3 Å². The first-order chi connectivity index (χ1) is 7.59. The zero-order valence-electron chi connectivity index (χ0n) is 8.51. The first-order valence-corrected chi connectivity index (χ1v) is 7.64. The van der Waals surface area contributed by atoms with Gasteiger partial charge in [0.1, 0.15) is 0 Å². The average molecular weight is 381 g/mol. The van der Waals surface area contributed by atoms with E-state index in [1.807, 2.05) is 24.3 Å². The Balaban J connectivity index is 2.43. The zero-order chi connectivity index (χ0) is 11.7. The molecule has 84 valence electrons. The predicted molar refractivity (Wildman–Crippen MR) is 79.0 cm³/mol. The van der Waals surface area contributed by atoms with Crippen molar-refractivity contribution in [3.8, 4) is 0 Å². The molecular weight excluding hydrogens is 371 g/mol. The Morgan fingerprint density at radius 1 is 1.31 bits per heavy atom. The van der Waals surface area contributed by atoms with E-state index >= 15 is 0 Å². The molecule has 0 radical (unpaired) electrons. The number of benzene rings is 1. The van der Waals surface area contributed by atoms with Crippen molar-refractivity contribution in [3.63, 3.8) is 0 Å². The van der Waals surface area contributed by atoms with Crippen molar-refractivity contribution >= 4 is 54.8 Å². The van der Waals surface area contributed by atoms with E-state index in [9.17, 15) is 0 Å². The second-order valence-electron chi connectivity index (χ2n) is 3.45. The van der Waals surface area contributed by atoms with Crippen LogP contribution in [0, 0.1) is 6.92 Å². The molecule has 0 N–H and O–H groups in total. The largest absolute Gasteiger partial charge is 0.143 e. The van der Waals surface area contributed by atoms with Crippen LogP contribution in [0.2, 0.25) is 5.02 Å². The van der Waals surface area contributed by atoms with Crippen LogP contribution in [0.3, 0.4) is 0 Å². The molecular formula is C12H9Br2ClS. The van der Waals surface area contributed by atoms with Gasteiger partial charge in [0, 0.05) is 19.2 Å². The van der Waals surface area contributed by atoms with Crippen molar-refractivity contribution in [1.29, 1.82) is 0 Å². The quantitative estimate of drug-likeness (QED) is 0.564. The van der Waals surface area contributed by atoms with Crippen molar-refractivity contribution in [2.45, 2.75) is 11.8 Å². The lowest BCUT2D eigenvalue weighted by Crippen LogP contribution is -1.91. The molecule has 0 bridgehead atoms. The first-order valence-electron chi connectivity index (χ1n) is 4.74. The van der Waals surface area contributed by atoms with E-state index in [0.29, 0.717) is 0 Å². The molecule has 2 rings (SSSR count). The summed E-state index contributed by atoms with van der Waals surface area (Å²) in [5.74, 6) is 0. The van der Waals surface area contributed by atoms with Crippen LogP contribution in [0.1, 0.15) is 20.1 Å². The highest BCUT2D eigenvalue weighted by Crippen LogP contribution is 2.42. The molecule has 0 aliphatic rings. The van der Waals surface area contributed by atoms with Gasteiger partial charge in [-0.05, 0) is 40.5 Å². The summed E-state index contributed by atoms with van der Waals surface area (Å²) in [7, 11) is 0. The third-order valence-corrected chi connectivity index (χ3v) is 5.88. The number of thiophene rings is 1. The van der Waals surface area contributed by atoms with Gasteiger partial charge in [-0.3, -0.25) is 0 Å². The smallest absolute Gasteiger partial charge is 0.0763 e. The van der Waals surface area contributed by atoms with Crippen molar-refractivity contribution < 1.29 is 0 Å². The van der Waals surface area contributed by atoms with Crippen molar-refractivity contribution in [3.05, 3.63) is 55.1 Å². The van der Waals surface area contributed by atoms with Crippen LogP contribution in [0.25, 0.3) is 0 Å². The van der Waals surface area contributed by atoms with Crippen molar-refractivity contribution in [2.24, 2.45) is 0 Å². The number of hydrogen-bond donors (Lipinski definition) is 0. The Kier molecular flexibility index (Phi) is 4.11. The van der Waals surface area contributed by atoms with Crippen molar-refractivity contribution in [2.75, 3.05) is 0 Å². The number of halogens is 3. The normalized spacial score (nSPS) is 12.8. The van der Waals surface area contributed by atoms with Crippen LogP contribution in [-0.4, -0.2) is 0 Å². The molecule has 0 spiro atoms. The standard InChI is InChI=1S/C12H9Br2ClS/c1-7-6-9(13)12(16-7)11(14)8-4-2-3-5-10(8)15/h2-6,11H,1H3. The summed E-state index contributed by atoms with van der Waals surface area (Å²) in [6.07, 6.45) is 0. The SMILES string of the molecule is Cc1cc(Br)c(C(Br)c2ccccc2Cl)s1. The van der Waals surface area contributed by atoms with Gasteiger partial charge in [0.15, 0.2) is 0 Å². The summed E-state index contributed by atoms with van der Waals surface area (Å²) >= 11 is 15.2. The monoisotopic (exact) mass is 378 g/mol. The van der Waals surface area contributed by atoms with Gasteiger partial charge in [-0.2, -0.15) is 0 Å². The molecule has 0 aliphatic carbocycles. The summed E-state index contributed by atoms with van der Waals surface area (Å²) in [5, 5.41) is 0.794. The minimum Gasteiger partial charge on any atom is -0.143 e. The lowest BCUT2D eigenvalue weighted by Gasteiger charge is -2.10. The Morgan fingerprint density at radius 3 is 2.56 bits per heavy atom.